The van der Waals surface area contributed by atoms with Crippen molar-refractivity contribution in [3.63, 3.8) is 0 Å². The van der Waals surface area contributed by atoms with Crippen LogP contribution in [0.1, 0.15) is 44.4 Å². The molecule has 0 amide bonds. The van der Waals surface area contributed by atoms with E-state index in [9.17, 15) is 4.57 Å². The van der Waals surface area contributed by atoms with Crippen LogP contribution in [0.2, 0.25) is 0 Å². The quantitative estimate of drug-likeness (QED) is 0.446. The van der Waals surface area contributed by atoms with Crippen molar-refractivity contribution in [3.05, 3.63) is 48.0 Å². The van der Waals surface area contributed by atoms with Gasteiger partial charge < -0.3 is 19.6 Å². The number of nitrogens with two attached hydrogens (primary N) is 1. The SMILES string of the molecule is CC(C)(C)c1ccc(C2CCOP(=O)(COCCn3cnc4c(N)ncnc43)O2)cc1. The zero-order valence-corrected chi connectivity index (χ0v) is 18.9. The van der Waals surface area contributed by atoms with E-state index in [1.54, 1.807) is 6.33 Å². The summed E-state index contributed by atoms with van der Waals surface area (Å²) in [6, 6.07) is 8.28. The molecule has 2 N–H and O–H groups in total. The molecule has 0 spiro atoms. The minimum absolute atomic E-state index is 0.0799. The molecule has 3 aromatic rings. The summed E-state index contributed by atoms with van der Waals surface area (Å²) >= 11 is 0. The first-order chi connectivity index (χ1) is 14.8. The van der Waals surface area contributed by atoms with Crippen LogP contribution in [-0.2, 0) is 30.3 Å². The average molecular weight is 445 g/mol. The summed E-state index contributed by atoms with van der Waals surface area (Å²) in [5.41, 5.74) is 9.31. The number of imidazole rings is 1. The summed E-state index contributed by atoms with van der Waals surface area (Å²) in [7, 11) is -3.33. The monoisotopic (exact) mass is 445 g/mol. The highest BCUT2D eigenvalue weighted by Crippen LogP contribution is 2.56. The number of ether oxygens (including phenoxy) is 1. The number of aromatic nitrogens is 4. The molecule has 9 nitrogen and oxygen atoms in total. The molecule has 1 saturated heterocycles. The van der Waals surface area contributed by atoms with Gasteiger partial charge >= 0.3 is 7.60 Å². The third-order valence-corrected chi connectivity index (χ3v) is 6.91. The Balaban J connectivity index is 1.33. The van der Waals surface area contributed by atoms with Crippen LogP contribution in [0.4, 0.5) is 5.82 Å². The van der Waals surface area contributed by atoms with Crippen molar-refractivity contribution in [1.29, 1.82) is 0 Å². The predicted molar refractivity (Wildman–Crippen MR) is 118 cm³/mol. The van der Waals surface area contributed by atoms with Crippen LogP contribution in [0.15, 0.2) is 36.9 Å². The third kappa shape index (κ3) is 4.96. The Morgan fingerprint density at radius 1 is 1.23 bits per heavy atom. The number of anilines is 1. The Hall–Kier alpha value is -2.32. The lowest BCUT2D eigenvalue weighted by Crippen LogP contribution is -2.18. The van der Waals surface area contributed by atoms with Gasteiger partial charge in [0, 0.05) is 13.0 Å². The van der Waals surface area contributed by atoms with E-state index in [4.69, 9.17) is 19.5 Å². The summed E-state index contributed by atoms with van der Waals surface area (Å²) in [5.74, 6) is 0.333. The van der Waals surface area contributed by atoms with E-state index < -0.39 is 7.60 Å². The van der Waals surface area contributed by atoms with Crippen molar-refractivity contribution < 1.29 is 18.3 Å². The van der Waals surface area contributed by atoms with E-state index in [-0.39, 0.29) is 17.9 Å². The van der Waals surface area contributed by atoms with Crippen LogP contribution in [-0.4, -0.2) is 39.1 Å². The molecule has 0 bridgehead atoms. The number of nitrogen functional groups attached to an aromatic ring is 1. The van der Waals surface area contributed by atoms with Gasteiger partial charge in [-0.2, -0.15) is 0 Å². The zero-order valence-electron chi connectivity index (χ0n) is 18.0. The Kier molecular flexibility index (Phi) is 6.12. The van der Waals surface area contributed by atoms with Crippen LogP contribution >= 0.6 is 7.60 Å². The van der Waals surface area contributed by atoms with Gasteiger partial charge in [0.25, 0.3) is 0 Å². The molecule has 0 radical (unpaired) electrons. The molecule has 1 aromatic carbocycles. The maximum absolute atomic E-state index is 13.0. The van der Waals surface area contributed by atoms with Crippen molar-refractivity contribution in [2.24, 2.45) is 0 Å². The maximum atomic E-state index is 13.0. The molecule has 2 atom stereocenters. The van der Waals surface area contributed by atoms with Crippen LogP contribution in [0.5, 0.6) is 0 Å². The second kappa shape index (κ2) is 8.67. The molecule has 1 fully saturated rings. The van der Waals surface area contributed by atoms with E-state index >= 15 is 0 Å². The summed E-state index contributed by atoms with van der Waals surface area (Å²) in [4.78, 5) is 12.3. The second-order valence-electron chi connectivity index (χ2n) is 8.61. The van der Waals surface area contributed by atoms with Gasteiger partial charge in [-0.05, 0) is 16.5 Å². The molecular weight excluding hydrogens is 417 g/mol. The largest absolute Gasteiger partial charge is 0.382 e. The number of hydrogen-bond acceptors (Lipinski definition) is 8. The van der Waals surface area contributed by atoms with Crippen molar-refractivity contribution in [3.8, 4) is 0 Å². The molecule has 3 heterocycles. The number of rotatable bonds is 6. The lowest BCUT2D eigenvalue weighted by Gasteiger charge is -2.30. The van der Waals surface area contributed by atoms with E-state index in [2.05, 4.69) is 47.9 Å². The molecule has 1 aliphatic rings. The van der Waals surface area contributed by atoms with Gasteiger partial charge in [-0.15, -0.1) is 0 Å². The van der Waals surface area contributed by atoms with Crippen molar-refractivity contribution in [1.82, 2.24) is 19.5 Å². The number of fused-ring (bicyclic) bond motifs is 1. The van der Waals surface area contributed by atoms with Crippen LogP contribution in [0.3, 0.4) is 0 Å². The number of benzene rings is 1. The van der Waals surface area contributed by atoms with Crippen LogP contribution in [0, 0.1) is 0 Å². The Labute approximate surface area is 181 Å². The third-order valence-electron chi connectivity index (χ3n) is 5.26. The smallest absolute Gasteiger partial charge is 0.356 e. The van der Waals surface area contributed by atoms with Gasteiger partial charge in [0.1, 0.15) is 18.2 Å². The topological polar surface area (TPSA) is 114 Å². The summed E-state index contributed by atoms with van der Waals surface area (Å²) in [5, 5.41) is 0. The van der Waals surface area contributed by atoms with Gasteiger partial charge in [-0.3, -0.25) is 9.09 Å². The maximum Gasteiger partial charge on any atom is 0.356 e. The highest BCUT2D eigenvalue weighted by molar-refractivity contribution is 7.53. The fourth-order valence-corrected chi connectivity index (χ4v) is 5.02. The molecule has 166 valence electrons. The first-order valence-electron chi connectivity index (χ1n) is 10.3. The van der Waals surface area contributed by atoms with Crippen LogP contribution < -0.4 is 5.73 Å². The molecule has 10 heteroatoms. The second-order valence-corrected chi connectivity index (χ2v) is 10.6. The van der Waals surface area contributed by atoms with Crippen molar-refractivity contribution >= 4 is 24.6 Å². The van der Waals surface area contributed by atoms with Crippen molar-refractivity contribution in [2.75, 3.05) is 25.3 Å². The Morgan fingerprint density at radius 3 is 2.74 bits per heavy atom. The fraction of sp³-hybridized carbons (Fsp3) is 0.476. The highest BCUT2D eigenvalue weighted by Gasteiger charge is 2.34. The van der Waals surface area contributed by atoms with Gasteiger partial charge in [0.05, 0.1) is 25.6 Å². The predicted octanol–water partition coefficient (Wildman–Crippen LogP) is 4.05. The van der Waals surface area contributed by atoms with Gasteiger partial charge in [-0.25, -0.2) is 15.0 Å². The summed E-state index contributed by atoms with van der Waals surface area (Å²) in [6.07, 6.45) is 3.31. The lowest BCUT2D eigenvalue weighted by atomic mass is 9.86. The molecule has 2 unspecified atom stereocenters. The molecule has 1 aliphatic heterocycles. The average Bonchev–Trinajstić information content (AvgIpc) is 3.15. The highest BCUT2D eigenvalue weighted by atomic mass is 31.2. The minimum atomic E-state index is -3.33. The fourth-order valence-electron chi connectivity index (χ4n) is 3.47. The van der Waals surface area contributed by atoms with E-state index in [0.29, 0.717) is 43.2 Å². The molecule has 0 aliphatic carbocycles. The first kappa shape index (κ1) is 21.9. The normalized spacial score (nSPS) is 22.1. The number of nitrogens with zero attached hydrogens (tertiary/aromatic N) is 4. The van der Waals surface area contributed by atoms with Gasteiger partial charge in [0.15, 0.2) is 11.5 Å². The Bertz CT molecular complexity index is 1090. The van der Waals surface area contributed by atoms with E-state index in [1.165, 1.54) is 11.9 Å². The molecule has 4 rings (SSSR count). The summed E-state index contributed by atoms with van der Waals surface area (Å²) in [6.45, 7) is 7.67. The summed E-state index contributed by atoms with van der Waals surface area (Å²) < 4.78 is 31.8. The zero-order chi connectivity index (χ0) is 22.1. The molecule has 0 saturated carbocycles. The van der Waals surface area contributed by atoms with Gasteiger partial charge in [0.2, 0.25) is 0 Å². The number of hydrogen-bond donors (Lipinski definition) is 1. The van der Waals surface area contributed by atoms with Crippen molar-refractivity contribution in [2.45, 2.75) is 45.3 Å². The van der Waals surface area contributed by atoms with E-state index in [0.717, 1.165) is 5.56 Å². The van der Waals surface area contributed by atoms with Crippen LogP contribution in [0.25, 0.3) is 11.2 Å². The molecule has 2 aromatic heterocycles. The van der Waals surface area contributed by atoms with E-state index in [1.807, 2.05) is 16.7 Å². The lowest BCUT2D eigenvalue weighted by molar-refractivity contribution is 0.0563. The molecule has 31 heavy (non-hydrogen) atoms. The first-order valence-corrected chi connectivity index (χ1v) is 12.0. The Morgan fingerprint density at radius 2 is 2.00 bits per heavy atom. The molecular formula is C21H28N5O4P. The standard InChI is InChI=1S/C21H28N5O4P/c1-21(2,3)16-6-4-15(5-7-16)17-8-10-29-31(27,30-17)14-28-11-9-26-13-25-18-19(22)23-12-24-20(18)26/h4-7,12-13,17H,8-11,14H2,1-3H3,(H2,22,23,24). The minimum Gasteiger partial charge on any atom is -0.382 e. The van der Waals surface area contributed by atoms with Gasteiger partial charge in [-0.1, -0.05) is 45.0 Å².